The number of hydrogen-bond acceptors (Lipinski definition) is 2. The van der Waals surface area contributed by atoms with Gasteiger partial charge in [0, 0.05) is 15.2 Å². The lowest BCUT2D eigenvalue weighted by atomic mass is 10.0. The first-order chi connectivity index (χ1) is 9.63. The number of benzene rings is 2. The zero-order valence-electron chi connectivity index (χ0n) is 11.0. The zero-order chi connectivity index (χ0) is 14.5. The predicted molar refractivity (Wildman–Crippen MR) is 87.0 cm³/mol. The molecule has 102 valence electrons. The number of nitrogens with zero attached hydrogens (tertiary/aromatic N) is 1. The van der Waals surface area contributed by atoms with Crippen LogP contribution in [-0.4, -0.2) is 0 Å². The molecule has 2 aromatic rings. The average Bonchev–Trinajstić information content (AvgIpc) is 2.47. The molecule has 0 amide bonds. The number of nitriles is 1. The van der Waals surface area contributed by atoms with Crippen molar-refractivity contribution in [2.24, 2.45) is 0 Å². The predicted octanol–water partition coefficient (Wildman–Crippen LogP) is 5.54. The molecule has 0 aliphatic carbocycles. The van der Waals surface area contributed by atoms with Crippen LogP contribution in [0.4, 0.5) is 5.69 Å². The molecule has 0 spiro atoms. The van der Waals surface area contributed by atoms with E-state index < -0.39 is 0 Å². The minimum absolute atomic E-state index is 0.205. The Kier molecular flexibility index (Phi) is 5.05. The van der Waals surface area contributed by atoms with Crippen molar-refractivity contribution in [1.29, 1.82) is 5.26 Å². The molecule has 2 rings (SSSR count). The second kappa shape index (κ2) is 6.78. The number of rotatable bonds is 4. The summed E-state index contributed by atoms with van der Waals surface area (Å²) < 4.78 is 0.893. The monoisotopic (exact) mass is 348 g/mol. The Bertz CT molecular complexity index is 632. The molecule has 0 heterocycles. The normalized spacial score (nSPS) is 11.7. The van der Waals surface area contributed by atoms with Crippen molar-refractivity contribution < 1.29 is 0 Å². The van der Waals surface area contributed by atoms with Gasteiger partial charge < -0.3 is 5.32 Å². The van der Waals surface area contributed by atoms with E-state index in [9.17, 15) is 0 Å². The molecular formula is C16H14BrClN2. The van der Waals surface area contributed by atoms with E-state index >= 15 is 0 Å². The summed E-state index contributed by atoms with van der Waals surface area (Å²) >= 11 is 9.41. The molecule has 1 N–H and O–H groups in total. The van der Waals surface area contributed by atoms with E-state index in [4.69, 9.17) is 16.9 Å². The van der Waals surface area contributed by atoms with Crippen LogP contribution in [0.3, 0.4) is 0 Å². The number of nitrogens with one attached hydrogen (secondary N) is 1. The highest BCUT2D eigenvalue weighted by Crippen LogP contribution is 2.29. The molecule has 2 aromatic carbocycles. The van der Waals surface area contributed by atoms with Gasteiger partial charge in [0.1, 0.15) is 0 Å². The summed E-state index contributed by atoms with van der Waals surface area (Å²) in [4.78, 5) is 0. The van der Waals surface area contributed by atoms with E-state index in [1.807, 2.05) is 42.5 Å². The molecule has 4 heteroatoms. The lowest BCUT2D eigenvalue weighted by molar-refractivity contribution is 0.749. The van der Waals surface area contributed by atoms with Gasteiger partial charge >= 0.3 is 0 Å². The van der Waals surface area contributed by atoms with Crippen molar-refractivity contribution >= 4 is 33.2 Å². The third kappa shape index (κ3) is 3.53. The van der Waals surface area contributed by atoms with Gasteiger partial charge in [0.25, 0.3) is 0 Å². The molecule has 2 nitrogen and oxygen atoms in total. The number of halogens is 2. The van der Waals surface area contributed by atoms with E-state index in [2.05, 4.69) is 34.2 Å². The van der Waals surface area contributed by atoms with Crippen molar-refractivity contribution in [2.75, 3.05) is 5.32 Å². The SMILES string of the molecule is CCC(Nc1ccc(C#N)cc1Br)c1ccc(Cl)cc1. The van der Waals surface area contributed by atoms with Crippen LogP contribution in [0.25, 0.3) is 0 Å². The number of anilines is 1. The Morgan fingerprint density at radius 1 is 1.25 bits per heavy atom. The Hall–Kier alpha value is -1.50. The Morgan fingerprint density at radius 3 is 2.50 bits per heavy atom. The maximum absolute atomic E-state index is 8.88. The van der Waals surface area contributed by atoms with Gasteiger partial charge in [-0.2, -0.15) is 5.26 Å². The maximum Gasteiger partial charge on any atom is 0.0992 e. The van der Waals surface area contributed by atoms with Crippen molar-refractivity contribution in [3.05, 3.63) is 63.1 Å². The lowest BCUT2D eigenvalue weighted by Gasteiger charge is -2.20. The summed E-state index contributed by atoms with van der Waals surface area (Å²) in [7, 11) is 0. The molecule has 0 saturated heterocycles. The Labute approximate surface area is 132 Å². The van der Waals surface area contributed by atoms with E-state index in [0.717, 1.165) is 21.6 Å². The van der Waals surface area contributed by atoms with Crippen molar-refractivity contribution in [3.8, 4) is 6.07 Å². The standard InChI is InChI=1S/C16H14BrClN2/c1-2-15(12-4-6-13(18)7-5-12)20-16-8-3-11(10-19)9-14(16)17/h3-9,15,20H,2H2,1H3. The highest BCUT2D eigenvalue weighted by molar-refractivity contribution is 9.10. The third-order valence-corrected chi connectivity index (χ3v) is 4.02. The summed E-state index contributed by atoms with van der Waals surface area (Å²) in [6.45, 7) is 2.13. The van der Waals surface area contributed by atoms with E-state index in [1.54, 1.807) is 0 Å². The minimum Gasteiger partial charge on any atom is -0.377 e. The van der Waals surface area contributed by atoms with Gasteiger partial charge in [-0.25, -0.2) is 0 Å². The summed E-state index contributed by atoms with van der Waals surface area (Å²) in [6.07, 6.45) is 0.952. The molecular weight excluding hydrogens is 336 g/mol. The van der Waals surface area contributed by atoms with Crippen LogP contribution in [0.2, 0.25) is 5.02 Å². The zero-order valence-corrected chi connectivity index (χ0v) is 13.4. The molecule has 0 bridgehead atoms. The fourth-order valence-electron chi connectivity index (χ4n) is 2.01. The van der Waals surface area contributed by atoms with Crippen LogP contribution in [0.15, 0.2) is 46.9 Å². The quantitative estimate of drug-likeness (QED) is 0.787. The first-order valence-electron chi connectivity index (χ1n) is 6.35. The second-order valence-electron chi connectivity index (χ2n) is 4.46. The van der Waals surface area contributed by atoms with Crippen molar-refractivity contribution in [2.45, 2.75) is 19.4 Å². The molecule has 1 unspecified atom stereocenters. The highest BCUT2D eigenvalue weighted by atomic mass is 79.9. The first-order valence-corrected chi connectivity index (χ1v) is 7.52. The summed E-state index contributed by atoms with van der Waals surface area (Å²) in [6, 6.07) is 15.7. The second-order valence-corrected chi connectivity index (χ2v) is 5.75. The molecule has 0 aliphatic rings. The van der Waals surface area contributed by atoms with Crippen LogP contribution >= 0.6 is 27.5 Å². The summed E-state index contributed by atoms with van der Waals surface area (Å²) in [5, 5.41) is 13.1. The van der Waals surface area contributed by atoms with Crippen LogP contribution in [0, 0.1) is 11.3 Å². The van der Waals surface area contributed by atoms with Gasteiger partial charge in [-0.05, 0) is 58.2 Å². The van der Waals surface area contributed by atoms with Gasteiger partial charge in [0.2, 0.25) is 0 Å². The number of hydrogen-bond donors (Lipinski definition) is 1. The molecule has 1 atom stereocenters. The average molecular weight is 350 g/mol. The molecule has 0 saturated carbocycles. The lowest BCUT2D eigenvalue weighted by Crippen LogP contribution is -2.10. The smallest absolute Gasteiger partial charge is 0.0992 e. The van der Waals surface area contributed by atoms with Crippen LogP contribution in [0.5, 0.6) is 0 Å². The van der Waals surface area contributed by atoms with Crippen LogP contribution in [-0.2, 0) is 0 Å². The highest BCUT2D eigenvalue weighted by Gasteiger charge is 2.11. The van der Waals surface area contributed by atoms with Crippen molar-refractivity contribution in [3.63, 3.8) is 0 Å². The van der Waals surface area contributed by atoms with E-state index in [-0.39, 0.29) is 6.04 Å². The van der Waals surface area contributed by atoms with E-state index in [0.29, 0.717) is 5.56 Å². The van der Waals surface area contributed by atoms with Gasteiger partial charge in [-0.1, -0.05) is 30.7 Å². The van der Waals surface area contributed by atoms with Gasteiger partial charge in [-0.15, -0.1) is 0 Å². The summed E-state index contributed by atoms with van der Waals surface area (Å²) in [5.41, 5.74) is 2.81. The fourth-order valence-corrected chi connectivity index (χ4v) is 2.62. The first kappa shape index (κ1) is 14.9. The largest absolute Gasteiger partial charge is 0.377 e. The van der Waals surface area contributed by atoms with E-state index in [1.165, 1.54) is 5.56 Å². The summed E-state index contributed by atoms with van der Waals surface area (Å²) in [5.74, 6) is 0. The molecule has 0 aliphatic heterocycles. The Balaban J connectivity index is 2.22. The molecule has 0 aromatic heterocycles. The minimum atomic E-state index is 0.205. The van der Waals surface area contributed by atoms with Gasteiger partial charge in [0.15, 0.2) is 0 Å². The Morgan fingerprint density at radius 2 is 1.95 bits per heavy atom. The third-order valence-electron chi connectivity index (χ3n) is 3.11. The maximum atomic E-state index is 8.88. The fraction of sp³-hybridized carbons (Fsp3) is 0.188. The topological polar surface area (TPSA) is 35.8 Å². The molecule has 20 heavy (non-hydrogen) atoms. The van der Waals surface area contributed by atoms with Gasteiger partial charge in [0.05, 0.1) is 17.7 Å². The van der Waals surface area contributed by atoms with Crippen LogP contribution in [0.1, 0.15) is 30.5 Å². The molecule has 0 fully saturated rings. The molecule has 0 radical (unpaired) electrons. The van der Waals surface area contributed by atoms with Gasteiger partial charge in [-0.3, -0.25) is 0 Å². The van der Waals surface area contributed by atoms with Crippen LogP contribution < -0.4 is 5.32 Å². The van der Waals surface area contributed by atoms with Crippen molar-refractivity contribution in [1.82, 2.24) is 0 Å².